The number of halogens is 1. The molecule has 130 valence electrons. The monoisotopic (exact) mass is 369 g/mol. The van der Waals surface area contributed by atoms with E-state index in [1.54, 1.807) is 6.20 Å². The highest BCUT2D eigenvalue weighted by Crippen LogP contribution is 2.51. The number of aliphatic hydroxyl groups is 1. The van der Waals surface area contributed by atoms with E-state index in [4.69, 9.17) is 11.6 Å². The fourth-order valence-corrected chi connectivity index (χ4v) is 4.15. The predicted octanol–water partition coefficient (Wildman–Crippen LogP) is 5.67. The van der Waals surface area contributed by atoms with Gasteiger partial charge in [-0.25, -0.2) is 0 Å². The van der Waals surface area contributed by atoms with Crippen molar-refractivity contribution in [2.45, 2.75) is 5.60 Å². The van der Waals surface area contributed by atoms with Gasteiger partial charge in [-0.1, -0.05) is 78.3 Å². The molecule has 0 saturated heterocycles. The molecule has 3 aromatic carbocycles. The Morgan fingerprint density at radius 1 is 0.667 bits per heavy atom. The van der Waals surface area contributed by atoms with Crippen LogP contribution in [0.15, 0.2) is 91.1 Å². The molecule has 0 spiro atoms. The van der Waals surface area contributed by atoms with Crippen LogP contribution in [0, 0.1) is 0 Å². The van der Waals surface area contributed by atoms with Crippen molar-refractivity contribution >= 4 is 11.6 Å². The number of hydrogen-bond donors (Lipinski definition) is 1. The molecule has 1 aliphatic rings. The molecule has 0 unspecified atom stereocenters. The number of rotatable bonds is 2. The highest BCUT2D eigenvalue weighted by atomic mass is 35.5. The van der Waals surface area contributed by atoms with Crippen molar-refractivity contribution in [1.29, 1.82) is 0 Å². The van der Waals surface area contributed by atoms with E-state index in [9.17, 15) is 5.11 Å². The molecule has 3 heteroatoms. The summed E-state index contributed by atoms with van der Waals surface area (Å²) in [5, 5.41) is 12.8. The van der Waals surface area contributed by atoms with Gasteiger partial charge in [0.2, 0.25) is 0 Å². The number of pyridine rings is 1. The maximum atomic E-state index is 12.1. The van der Waals surface area contributed by atoms with Crippen LogP contribution < -0.4 is 0 Å². The van der Waals surface area contributed by atoms with Gasteiger partial charge in [-0.05, 0) is 34.9 Å². The van der Waals surface area contributed by atoms with Crippen LogP contribution in [0.4, 0.5) is 0 Å². The zero-order valence-corrected chi connectivity index (χ0v) is 15.2. The molecule has 1 aliphatic carbocycles. The lowest BCUT2D eigenvalue weighted by atomic mass is 9.84. The Bertz CT molecular complexity index is 1110. The minimum absolute atomic E-state index is 0.629. The van der Waals surface area contributed by atoms with Crippen LogP contribution in [0.3, 0.4) is 0 Å². The predicted molar refractivity (Wildman–Crippen MR) is 109 cm³/mol. The lowest BCUT2D eigenvalue weighted by Gasteiger charge is -2.27. The van der Waals surface area contributed by atoms with Gasteiger partial charge in [0.25, 0.3) is 0 Å². The summed E-state index contributed by atoms with van der Waals surface area (Å²) >= 11 is 6.06. The summed E-state index contributed by atoms with van der Waals surface area (Å²) in [5.41, 5.74) is 5.00. The van der Waals surface area contributed by atoms with E-state index in [2.05, 4.69) is 17.1 Å². The Hall–Kier alpha value is -2.94. The van der Waals surface area contributed by atoms with E-state index in [1.807, 2.05) is 72.8 Å². The van der Waals surface area contributed by atoms with Gasteiger partial charge in [0.15, 0.2) is 5.60 Å². The molecule has 27 heavy (non-hydrogen) atoms. The van der Waals surface area contributed by atoms with E-state index in [-0.39, 0.29) is 0 Å². The highest BCUT2D eigenvalue weighted by molar-refractivity contribution is 6.30. The Labute approximate surface area is 162 Å². The third-order valence-corrected chi connectivity index (χ3v) is 5.48. The van der Waals surface area contributed by atoms with Gasteiger partial charge >= 0.3 is 0 Å². The van der Waals surface area contributed by atoms with Gasteiger partial charge < -0.3 is 5.11 Å². The molecule has 1 N–H and O–H groups in total. The average Bonchev–Trinajstić information content (AvgIpc) is 2.99. The van der Waals surface area contributed by atoms with E-state index < -0.39 is 5.60 Å². The van der Waals surface area contributed by atoms with Gasteiger partial charge in [-0.2, -0.15) is 0 Å². The molecule has 1 aromatic heterocycles. The van der Waals surface area contributed by atoms with Crippen molar-refractivity contribution in [3.63, 3.8) is 0 Å². The van der Waals surface area contributed by atoms with Crippen LogP contribution in [-0.2, 0) is 5.60 Å². The van der Waals surface area contributed by atoms with Gasteiger partial charge in [-0.15, -0.1) is 0 Å². The van der Waals surface area contributed by atoms with Gasteiger partial charge in [0.05, 0.1) is 5.69 Å². The third-order valence-electron chi connectivity index (χ3n) is 5.23. The second-order valence-corrected chi connectivity index (χ2v) is 7.14. The Morgan fingerprint density at radius 3 is 1.85 bits per heavy atom. The molecule has 0 bridgehead atoms. The van der Waals surface area contributed by atoms with E-state index >= 15 is 0 Å². The number of fused-ring (bicyclic) bond motifs is 3. The second kappa shape index (κ2) is 6.05. The zero-order chi connectivity index (χ0) is 18.4. The molecule has 0 atom stereocenters. The zero-order valence-electron chi connectivity index (χ0n) is 14.4. The third kappa shape index (κ3) is 2.34. The number of nitrogens with zero attached hydrogens (tertiary/aromatic N) is 1. The van der Waals surface area contributed by atoms with Crippen molar-refractivity contribution in [2.75, 3.05) is 0 Å². The van der Waals surface area contributed by atoms with Gasteiger partial charge in [0, 0.05) is 27.9 Å². The maximum absolute atomic E-state index is 12.1. The smallest absolute Gasteiger partial charge is 0.159 e. The van der Waals surface area contributed by atoms with Crippen LogP contribution in [0.2, 0.25) is 5.02 Å². The number of hydrogen-bond acceptors (Lipinski definition) is 2. The van der Waals surface area contributed by atoms with Crippen molar-refractivity contribution < 1.29 is 5.11 Å². The van der Waals surface area contributed by atoms with Crippen LogP contribution in [0.5, 0.6) is 0 Å². The number of benzene rings is 3. The summed E-state index contributed by atoms with van der Waals surface area (Å²) in [7, 11) is 0. The Kier molecular flexibility index (Phi) is 3.64. The summed E-state index contributed by atoms with van der Waals surface area (Å²) in [5.74, 6) is 0. The lowest BCUT2D eigenvalue weighted by Crippen LogP contribution is -2.28. The lowest BCUT2D eigenvalue weighted by molar-refractivity contribution is 0.126. The molecule has 1 heterocycles. The second-order valence-electron chi connectivity index (χ2n) is 6.71. The topological polar surface area (TPSA) is 33.1 Å². The summed E-state index contributed by atoms with van der Waals surface area (Å²) in [6.45, 7) is 0. The van der Waals surface area contributed by atoms with Crippen molar-refractivity contribution in [1.82, 2.24) is 4.98 Å². The first-order valence-electron chi connectivity index (χ1n) is 8.83. The van der Waals surface area contributed by atoms with Crippen molar-refractivity contribution in [3.05, 3.63) is 113 Å². The summed E-state index contributed by atoms with van der Waals surface area (Å²) in [6.07, 6.45) is 1.73. The molecule has 0 aliphatic heterocycles. The molecular weight excluding hydrogens is 354 g/mol. The number of aromatic nitrogens is 1. The van der Waals surface area contributed by atoms with Crippen LogP contribution in [0.25, 0.3) is 22.3 Å². The fourth-order valence-electron chi connectivity index (χ4n) is 4.02. The van der Waals surface area contributed by atoms with Gasteiger partial charge in [-0.3, -0.25) is 4.98 Å². The van der Waals surface area contributed by atoms with Gasteiger partial charge in [0.1, 0.15) is 0 Å². The Morgan fingerprint density at radius 2 is 1.22 bits per heavy atom. The largest absolute Gasteiger partial charge is 0.374 e. The summed E-state index contributed by atoms with van der Waals surface area (Å²) < 4.78 is 0. The van der Waals surface area contributed by atoms with Crippen LogP contribution in [-0.4, -0.2) is 10.1 Å². The standard InChI is InChI=1S/C24H16ClNO/c25-17-13-11-16(12-14-17)18-8-5-15-26-23(18)24(27)21-9-3-1-6-19(21)20-7-2-4-10-22(20)24/h1-15,27H. The molecule has 0 amide bonds. The average molecular weight is 370 g/mol. The molecule has 5 rings (SSSR count). The molecule has 4 aromatic rings. The first-order chi connectivity index (χ1) is 13.2. The molecule has 0 fully saturated rings. The van der Waals surface area contributed by atoms with E-state index in [0.29, 0.717) is 10.7 Å². The fraction of sp³-hybridized carbons (Fsp3) is 0.0417. The minimum atomic E-state index is -1.30. The molecular formula is C24H16ClNO. The molecule has 0 saturated carbocycles. The quantitative estimate of drug-likeness (QED) is 0.494. The first-order valence-corrected chi connectivity index (χ1v) is 9.20. The van der Waals surface area contributed by atoms with Crippen molar-refractivity contribution in [3.8, 4) is 22.3 Å². The van der Waals surface area contributed by atoms with E-state index in [0.717, 1.165) is 33.4 Å². The minimum Gasteiger partial charge on any atom is -0.374 e. The molecule has 2 nitrogen and oxygen atoms in total. The van der Waals surface area contributed by atoms with Crippen LogP contribution >= 0.6 is 11.6 Å². The first kappa shape index (κ1) is 16.2. The SMILES string of the molecule is OC1(c2ncccc2-c2ccc(Cl)cc2)c2ccccc2-c2ccccc21. The Balaban J connectivity index is 1.82. The normalized spacial score (nSPS) is 13.9. The summed E-state index contributed by atoms with van der Waals surface area (Å²) in [4.78, 5) is 4.65. The van der Waals surface area contributed by atoms with E-state index in [1.165, 1.54) is 0 Å². The van der Waals surface area contributed by atoms with Crippen LogP contribution in [0.1, 0.15) is 16.8 Å². The van der Waals surface area contributed by atoms with Crippen molar-refractivity contribution in [2.24, 2.45) is 0 Å². The highest BCUT2D eigenvalue weighted by Gasteiger charge is 2.45. The maximum Gasteiger partial charge on any atom is 0.159 e. The molecule has 0 radical (unpaired) electrons. The summed E-state index contributed by atoms with van der Waals surface area (Å²) in [6, 6.07) is 27.5.